The zero-order valence-corrected chi connectivity index (χ0v) is 13.3. The minimum Gasteiger partial charge on any atom is -0.480 e. The maximum absolute atomic E-state index is 12.4. The van der Waals surface area contributed by atoms with E-state index in [1.54, 1.807) is 7.11 Å². The van der Waals surface area contributed by atoms with Crippen molar-refractivity contribution in [2.24, 2.45) is 0 Å². The first-order valence-corrected chi connectivity index (χ1v) is 7.53. The lowest BCUT2D eigenvalue weighted by atomic mass is 10.0. The van der Waals surface area contributed by atoms with Crippen molar-refractivity contribution < 1.29 is 19.4 Å². The van der Waals surface area contributed by atoms with Crippen molar-refractivity contribution in [1.29, 1.82) is 0 Å². The number of nitrogens with zero attached hydrogens (tertiary/aromatic N) is 1. The zero-order chi connectivity index (χ0) is 16.3. The Hall–Kier alpha value is -1.88. The number of likely N-dealkylation sites (tertiary alicyclic amines) is 1. The Morgan fingerprint density at radius 1 is 1.36 bits per heavy atom. The average molecular weight is 305 g/mol. The third-order valence-corrected chi connectivity index (χ3v) is 4.31. The number of aryl methyl sites for hydroxylation is 3. The van der Waals surface area contributed by atoms with Crippen LogP contribution in [-0.2, 0) is 20.7 Å². The number of carbonyl (C=O) groups excluding carboxylic acids is 1. The number of carboxylic acid groups (broad SMARTS) is 1. The number of hydrogen-bond acceptors (Lipinski definition) is 3. The summed E-state index contributed by atoms with van der Waals surface area (Å²) in [5.41, 5.74) is 3.49. The monoisotopic (exact) mass is 305 g/mol. The Morgan fingerprint density at radius 3 is 2.68 bits per heavy atom. The van der Waals surface area contributed by atoms with E-state index in [1.807, 2.05) is 26.0 Å². The topological polar surface area (TPSA) is 66.8 Å². The molecule has 5 heteroatoms. The lowest BCUT2D eigenvalue weighted by molar-refractivity contribution is -0.148. The van der Waals surface area contributed by atoms with Crippen LogP contribution in [0.5, 0.6) is 0 Å². The quantitative estimate of drug-likeness (QED) is 0.903. The summed E-state index contributed by atoms with van der Waals surface area (Å²) in [5.74, 6) is -1.08. The second-order valence-electron chi connectivity index (χ2n) is 5.92. The van der Waals surface area contributed by atoms with Crippen LogP contribution in [-0.4, -0.2) is 47.7 Å². The molecule has 1 aromatic rings. The van der Waals surface area contributed by atoms with Gasteiger partial charge in [-0.05, 0) is 31.4 Å². The third kappa shape index (κ3) is 3.65. The van der Waals surface area contributed by atoms with Gasteiger partial charge in [0.15, 0.2) is 0 Å². The molecular weight excluding hydrogens is 282 g/mol. The maximum atomic E-state index is 12.4. The van der Waals surface area contributed by atoms with E-state index in [1.165, 1.54) is 16.0 Å². The predicted octanol–water partition coefficient (Wildman–Crippen LogP) is 1.94. The highest BCUT2D eigenvalue weighted by molar-refractivity contribution is 5.84. The summed E-state index contributed by atoms with van der Waals surface area (Å²) in [6.07, 6.45) is 1.13. The van der Waals surface area contributed by atoms with Gasteiger partial charge >= 0.3 is 5.97 Å². The molecule has 1 N–H and O–H groups in total. The molecule has 2 unspecified atom stereocenters. The van der Waals surface area contributed by atoms with Gasteiger partial charge in [0.05, 0.1) is 6.10 Å². The van der Waals surface area contributed by atoms with E-state index in [0.717, 1.165) is 5.56 Å². The van der Waals surface area contributed by atoms with Crippen molar-refractivity contribution >= 4 is 11.9 Å². The van der Waals surface area contributed by atoms with Crippen LogP contribution >= 0.6 is 0 Å². The molecule has 2 atom stereocenters. The number of rotatable bonds is 5. The van der Waals surface area contributed by atoms with Crippen LogP contribution in [0.25, 0.3) is 0 Å². The normalized spacial score (nSPS) is 21.1. The number of methoxy groups -OCH3 is 1. The molecule has 1 aromatic carbocycles. The second kappa shape index (κ2) is 6.92. The Balaban J connectivity index is 2.00. The number of carbonyl (C=O) groups is 2. The van der Waals surface area contributed by atoms with E-state index < -0.39 is 12.0 Å². The molecule has 1 saturated heterocycles. The fourth-order valence-corrected chi connectivity index (χ4v) is 2.99. The van der Waals surface area contributed by atoms with Crippen LogP contribution in [0.2, 0.25) is 0 Å². The van der Waals surface area contributed by atoms with Gasteiger partial charge in [0, 0.05) is 26.5 Å². The van der Waals surface area contributed by atoms with Gasteiger partial charge in [0.2, 0.25) is 5.91 Å². The van der Waals surface area contributed by atoms with Crippen molar-refractivity contribution in [3.8, 4) is 0 Å². The summed E-state index contributed by atoms with van der Waals surface area (Å²) in [5, 5.41) is 9.26. The highest BCUT2D eigenvalue weighted by atomic mass is 16.5. The first kappa shape index (κ1) is 16.5. The predicted molar refractivity (Wildman–Crippen MR) is 82.8 cm³/mol. The van der Waals surface area contributed by atoms with E-state index in [4.69, 9.17) is 4.74 Å². The minimum absolute atomic E-state index is 0.119. The summed E-state index contributed by atoms with van der Waals surface area (Å²) in [6.45, 7) is 4.43. The fraction of sp³-hybridized carbons (Fsp3) is 0.529. The smallest absolute Gasteiger partial charge is 0.326 e. The minimum atomic E-state index is -0.959. The largest absolute Gasteiger partial charge is 0.480 e. The first-order valence-electron chi connectivity index (χ1n) is 7.53. The molecule has 0 aliphatic carbocycles. The van der Waals surface area contributed by atoms with E-state index in [-0.39, 0.29) is 12.0 Å². The van der Waals surface area contributed by atoms with E-state index in [0.29, 0.717) is 25.8 Å². The third-order valence-electron chi connectivity index (χ3n) is 4.31. The average Bonchev–Trinajstić information content (AvgIpc) is 2.90. The number of aliphatic carboxylic acids is 1. The van der Waals surface area contributed by atoms with Crippen molar-refractivity contribution in [2.45, 2.75) is 45.3 Å². The summed E-state index contributed by atoms with van der Waals surface area (Å²) >= 11 is 0. The van der Waals surface area contributed by atoms with Gasteiger partial charge in [-0.2, -0.15) is 0 Å². The van der Waals surface area contributed by atoms with E-state index in [2.05, 4.69) is 6.07 Å². The Kier molecular flexibility index (Phi) is 5.19. The van der Waals surface area contributed by atoms with E-state index >= 15 is 0 Å². The maximum Gasteiger partial charge on any atom is 0.326 e. The molecule has 1 aliphatic rings. The first-order chi connectivity index (χ1) is 10.4. The van der Waals surface area contributed by atoms with Crippen molar-refractivity contribution in [3.05, 3.63) is 34.9 Å². The van der Waals surface area contributed by atoms with Crippen LogP contribution in [0.3, 0.4) is 0 Å². The summed E-state index contributed by atoms with van der Waals surface area (Å²) in [4.78, 5) is 25.1. The number of benzene rings is 1. The Morgan fingerprint density at radius 2 is 2.09 bits per heavy atom. The number of carboxylic acids is 1. The van der Waals surface area contributed by atoms with Crippen LogP contribution in [0.4, 0.5) is 0 Å². The zero-order valence-electron chi connectivity index (χ0n) is 13.3. The SMILES string of the molecule is COC1CC(C(=O)O)N(C(=O)CCc2ccc(C)cc2C)C1. The Labute approximate surface area is 130 Å². The van der Waals surface area contributed by atoms with Gasteiger partial charge in [0.25, 0.3) is 0 Å². The molecule has 0 saturated carbocycles. The van der Waals surface area contributed by atoms with Crippen molar-refractivity contribution in [3.63, 3.8) is 0 Å². The molecule has 0 aromatic heterocycles. The second-order valence-corrected chi connectivity index (χ2v) is 5.92. The van der Waals surface area contributed by atoms with Crippen LogP contribution in [0.15, 0.2) is 18.2 Å². The standard InChI is InChI=1S/C17H23NO4/c1-11-4-5-13(12(2)8-11)6-7-16(19)18-10-14(22-3)9-15(18)17(20)21/h4-5,8,14-15H,6-7,9-10H2,1-3H3,(H,20,21). The molecule has 1 aliphatic heterocycles. The molecule has 1 fully saturated rings. The molecule has 0 bridgehead atoms. The summed E-state index contributed by atoms with van der Waals surface area (Å²) in [6, 6.07) is 5.39. The molecule has 120 valence electrons. The van der Waals surface area contributed by atoms with Gasteiger partial charge in [0.1, 0.15) is 6.04 Å². The number of amides is 1. The van der Waals surface area contributed by atoms with Crippen LogP contribution in [0.1, 0.15) is 29.5 Å². The lowest BCUT2D eigenvalue weighted by Crippen LogP contribution is -2.40. The summed E-state index contributed by atoms with van der Waals surface area (Å²) in [7, 11) is 1.55. The van der Waals surface area contributed by atoms with Crippen molar-refractivity contribution in [1.82, 2.24) is 4.90 Å². The van der Waals surface area contributed by atoms with E-state index in [9.17, 15) is 14.7 Å². The van der Waals surface area contributed by atoms with Gasteiger partial charge in [-0.15, -0.1) is 0 Å². The van der Waals surface area contributed by atoms with Gasteiger partial charge in [-0.1, -0.05) is 23.8 Å². The molecule has 5 nitrogen and oxygen atoms in total. The highest BCUT2D eigenvalue weighted by Gasteiger charge is 2.39. The van der Waals surface area contributed by atoms with Gasteiger partial charge in [-0.3, -0.25) is 4.79 Å². The summed E-state index contributed by atoms with van der Waals surface area (Å²) < 4.78 is 5.21. The van der Waals surface area contributed by atoms with Crippen molar-refractivity contribution in [2.75, 3.05) is 13.7 Å². The molecule has 2 rings (SSSR count). The Bertz CT molecular complexity index is 570. The molecule has 1 amide bonds. The number of hydrogen-bond donors (Lipinski definition) is 1. The molecule has 0 spiro atoms. The molecule has 1 heterocycles. The number of ether oxygens (including phenoxy) is 1. The van der Waals surface area contributed by atoms with Crippen LogP contribution < -0.4 is 0 Å². The van der Waals surface area contributed by atoms with Crippen LogP contribution in [0, 0.1) is 13.8 Å². The van der Waals surface area contributed by atoms with Gasteiger partial charge in [-0.25, -0.2) is 4.79 Å². The van der Waals surface area contributed by atoms with Gasteiger partial charge < -0.3 is 14.7 Å². The molecule has 22 heavy (non-hydrogen) atoms. The molecule has 0 radical (unpaired) electrons. The molecular formula is C17H23NO4. The lowest BCUT2D eigenvalue weighted by Gasteiger charge is -2.21. The fourth-order valence-electron chi connectivity index (χ4n) is 2.99. The highest BCUT2D eigenvalue weighted by Crippen LogP contribution is 2.22.